The number of amides is 1. The predicted molar refractivity (Wildman–Crippen MR) is 95.1 cm³/mol. The van der Waals surface area contributed by atoms with Crippen molar-refractivity contribution in [2.24, 2.45) is 0 Å². The molecule has 2 heterocycles. The monoisotopic (exact) mass is 372 g/mol. The number of carbonyl (C=O) groups excluding carboxylic acids is 1. The second-order valence-corrected chi connectivity index (χ2v) is 7.17. The zero-order valence-corrected chi connectivity index (χ0v) is 14.9. The zero-order chi connectivity index (χ0) is 18.7. The van der Waals surface area contributed by atoms with Gasteiger partial charge in [-0.15, -0.1) is 0 Å². The van der Waals surface area contributed by atoms with Crippen LogP contribution in [0.4, 0.5) is 5.69 Å². The Labute approximate surface area is 150 Å². The molecule has 0 aliphatic rings. The fourth-order valence-corrected chi connectivity index (χ4v) is 2.90. The third kappa shape index (κ3) is 3.79. The number of nitrogens with one attached hydrogen (secondary N) is 2. The van der Waals surface area contributed by atoms with Crippen molar-refractivity contribution >= 4 is 21.6 Å². The van der Waals surface area contributed by atoms with E-state index in [-0.39, 0.29) is 10.9 Å². The van der Waals surface area contributed by atoms with Crippen LogP contribution in [-0.4, -0.2) is 31.3 Å². The smallest absolute Gasteiger partial charge is 0.291 e. The van der Waals surface area contributed by atoms with Crippen molar-refractivity contribution in [2.45, 2.75) is 12.0 Å². The number of anilines is 1. The number of benzene rings is 1. The molecule has 1 aromatic carbocycles. The summed E-state index contributed by atoms with van der Waals surface area (Å²) in [5.41, 5.74) is 2.07. The van der Waals surface area contributed by atoms with Crippen LogP contribution in [0.25, 0.3) is 11.3 Å². The molecule has 0 bridgehead atoms. The molecule has 2 aromatic heterocycles. The van der Waals surface area contributed by atoms with Crippen LogP contribution < -0.4 is 10.0 Å². The van der Waals surface area contributed by atoms with Gasteiger partial charge in [-0.3, -0.25) is 4.79 Å². The fraction of sp³-hybridized carbons (Fsp3) is 0.118. The molecule has 1 amide bonds. The molecule has 0 spiro atoms. The minimum absolute atomic E-state index is 0.109. The van der Waals surface area contributed by atoms with E-state index in [1.54, 1.807) is 37.4 Å². The molecule has 134 valence electrons. The average molecular weight is 372 g/mol. The number of nitrogens with zero attached hydrogens (tertiary/aromatic N) is 2. The summed E-state index contributed by atoms with van der Waals surface area (Å²) in [4.78, 5) is 20.7. The van der Waals surface area contributed by atoms with E-state index in [1.165, 1.54) is 19.2 Å². The van der Waals surface area contributed by atoms with Gasteiger partial charge in [-0.25, -0.2) is 23.1 Å². The molecule has 0 saturated heterocycles. The lowest BCUT2D eigenvalue weighted by atomic mass is 10.1. The number of aryl methyl sites for hydroxylation is 1. The van der Waals surface area contributed by atoms with Crippen LogP contribution in [0.3, 0.4) is 0 Å². The van der Waals surface area contributed by atoms with E-state index >= 15 is 0 Å². The number of hydrogen-bond acceptors (Lipinski definition) is 6. The summed E-state index contributed by atoms with van der Waals surface area (Å²) in [5, 5.41) is 2.35. The highest BCUT2D eigenvalue weighted by molar-refractivity contribution is 7.89. The van der Waals surface area contributed by atoms with Gasteiger partial charge in [0.1, 0.15) is 5.82 Å². The third-order valence-electron chi connectivity index (χ3n) is 3.53. The van der Waals surface area contributed by atoms with Gasteiger partial charge in [-0.1, -0.05) is 12.1 Å². The van der Waals surface area contributed by atoms with Crippen molar-refractivity contribution in [2.75, 3.05) is 12.4 Å². The maximum absolute atomic E-state index is 12.3. The van der Waals surface area contributed by atoms with Crippen LogP contribution in [-0.2, 0) is 10.0 Å². The molecule has 0 atom stereocenters. The van der Waals surface area contributed by atoms with E-state index in [0.717, 1.165) is 11.3 Å². The zero-order valence-electron chi connectivity index (χ0n) is 14.1. The van der Waals surface area contributed by atoms with Gasteiger partial charge >= 0.3 is 0 Å². The number of sulfonamides is 1. The van der Waals surface area contributed by atoms with Crippen LogP contribution in [0.1, 0.15) is 16.4 Å². The minimum Gasteiger partial charge on any atom is -0.438 e. The van der Waals surface area contributed by atoms with E-state index in [1.807, 2.05) is 6.07 Å². The van der Waals surface area contributed by atoms with Gasteiger partial charge in [-0.2, -0.15) is 0 Å². The summed E-state index contributed by atoms with van der Waals surface area (Å²) < 4.78 is 30.6. The van der Waals surface area contributed by atoms with Gasteiger partial charge in [0.15, 0.2) is 5.76 Å². The maximum Gasteiger partial charge on any atom is 0.291 e. The number of rotatable bonds is 5. The Bertz CT molecular complexity index is 1060. The van der Waals surface area contributed by atoms with Crippen LogP contribution in [0.2, 0.25) is 0 Å². The van der Waals surface area contributed by atoms with Gasteiger partial charge in [0.05, 0.1) is 5.69 Å². The summed E-state index contributed by atoms with van der Waals surface area (Å²) >= 11 is 0. The Morgan fingerprint density at radius 2 is 1.96 bits per heavy atom. The number of aromatic nitrogens is 2. The number of carbonyl (C=O) groups is 1. The average Bonchev–Trinajstić information content (AvgIpc) is 3.13. The van der Waals surface area contributed by atoms with Crippen molar-refractivity contribution in [3.05, 3.63) is 60.2 Å². The molecular weight excluding hydrogens is 356 g/mol. The molecule has 9 heteroatoms. The van der Waals surface area contributed by atoms with Crippen molar-refractivity contribution in [1.82, 2.24) is 14.7 Å². The van der Waals surface area contributed by atoms with Crippen molar-refractivity contribution in [1.29, 1.82) is 0 Å². The molecule has 26 heavy (non-hydrogen) atoms. The number of hydrogen-bond donors (Lipinski definition) is 2. The predicted octanol–water partition coefficient (Wildman–Crippen LogP) is 2.21. The van der Waals surface area contributed by atoms with Crippen molar-refractivity contribution in [3.8, 4) is 11.3 Å². The summed E-state index contributed by atoms with van der Waals surface area (Å²) in [6.45, 7) is 1.79. The van der Waals surface area contributed by atoms with Gasteiger partial charge in [0.2, 0.25) is 5.09 Å². The first kappa shape index (κ1) is 17.8. The van der Waals surface area contributed by atoms with Gasteiger partial charge < -0.3 is 9.73 Å². The van der Waals surface area contributed by atoms with Crippen molar-refractivity contribution in [3.63, 3.8) is 0 Å². The Morgan fingerprint density at radius 3 is 2.69 bits per heavy atom. The quantitative estimate of drug-likeness (QED) is 0.710. The van der Waals surface area contributed by atoms with E-state index in [2.05, 4.69) is 20.0 Å². The molecule has 3 rings (SSSR count). The molecule has 0 unspecified atom stereocenters. The maximum atomic E-state index is 12.3. The van der Waals surface area contributed by atoms with Gasteiger partial charge in [0, 0.05) is 17.4 Å². The van der Waals surface area contributed by atoms with E-state index < -0.39 is 15.9 Å². The molecule has 3 aromatic rings. The highest BCUT2D eigenvalue weighted by Crippen LogP contribution is 2.22. The minimum atomic E-state index is -3.74. The largest absolute Gasteiger partial charge is 0.438 e. The van der Waals surface area contributed by atoms with Crippen LogP contribution in [0, 0.1) is 6.92 Å². The van der Waals surface area contributed by atoms with Gasteiger partial charge in [0.25, 0.3) is 15.9 Å². The molecule has 0 fully saturated rings. The third-order valence-corrected chi connectivity index (χ3v) is 4.82. The summed E-state index contributed by atoms with van der Waals surface area (Å²) in [6, 6.07) is 11.4. The second-order valence-electron chi connectivity index (χ2n) is 5.35. The summed E-state index contributed by atoms with van der Waals surface area (Å²) in [7, 11) is -2.48. The molecule has 0 saturated carbocycles. The molecule has 0 aliphatic carbocycles. The SMILES string of the molecule is CNS(=O)(=O)c1ccc(C(=O)Nc2cccc(-c3ccnc(C)n3)c2)o1. The first-order chi connectivity index (χ1) is 12.4. The Morgan fingerprint density at radius 1 is 1.15 bits per heavy atom. The Kier molecular flexibility index (Phi) is 4.83. The summed E-state index contributed by atoms with van der Waals surface area (Å²) in [5.74, 6) is -0.0218. The van der Waals surface area contributed by atoms with E-state index in [0.29, 0.717) is 11.5 Å². The van der Waals surface area contributed by atoms with Crippen LogP contribution in [0.5, 0.6) is 0 Å². The van der Waals surface area contributed by atoms with Crippen molar-refractivity contribution < 1.29 is 17.6 Å². The van der Waals surface area contributed by atoms with Crippen LogP contribution >= 0.6 is 0 Å². The number of furan rings is 1. The highest BCUT2D eigenvalue weighted by atomic mass is 32.2. The normalized spacial score (nSPS) is 11.3. The van der Waals surface area contributed by atoms with E-state index in [4.69, 9.17) is 4.42 Å². The fourth-order valence-electron chi connectivity index (χ4n) is 2.25. The van der Waals surface area contributed by atoms with E-state index in [9.17, 15) is 13.2 Å². The molecule has 0 aliphatic heterocycles. The van der Waals surface area contributed by atoms with Crippen LogP contribution in [0.15, 0.2) is 58.2 Å². The van der Waals surface area contributed by atoms with Gasteiger partial charge in [-0.05, 0) is 44.3 Å². The molecular formula is C17H16N4O4S. The Balaban J connectivity index is 1.81. The standard InChI is InChI=1S/C17H16N4O4S/c1-11-19-9-8-14(20-11)12-4-3-5-13(10-12)21-17(22)15-6-7-16(25-15)26(23,24)18-2/h3-10,18H,1-2H3,(H,21,22). The second kappa shape index (κ2) is 7.06. The topological polar surface area (TPSA) is 114 Å². The highest BCUT2D eigenvalue weighted by Gasteiger charge is 2.19. The first-order valence-corrected chi connectivity index (χ1v) is 9.12. The lowest BCUT2D eigenvalue weighted by molar-refractivity contribution is 0.0991. The molecule has 8 nitrogen and oxygen atoms in total. The Hall–Kier alpha value is -3.04. The summed E-state index contributed by atoms with van der Waals surface area (Å²) in [6.07, 6.45) is 1.66. The first-order valence-electron chi connectivity index (χ1n) is 7.64. The lowest BCUT2D eigenvalue weighted by Gasteiger charge is -2.06. The molecule has 2 N–H and O–H groups in total. The molecule has 0 radical (unpaired) electrons. The lowest BCUT2D eigenvalue weighted by Crippen LogP contribution is -2.18.